The average molecular weight is 339 g/mol. The SMILES string of the molecule is Cn1nnc(-c2ccc(C(=O)N3CCC(c4ncon4)CC3)cc2)n1. The lowest BCUT2D eigenvalue weighted by Crippen LogP contribution is -2.38. The Labute approximate surface area is 143 Å². The van der Waals surface area contributed by atoms with Crippen LogP contribution in [0.1, 0.15) is 34.9 Å². The van der Waals surface area contributed by atoms with Crippen LogP contribution < -0.4 is 0 Å². The predicted octanol–water partition coefficient (Wildman–Crippen LogP) is 1.28. The zero-order chi connectivity index (χ0) is 17.2. The predicted molar refractivity (Wildman–Crippen MR) is 86.4 cm³/mol. The summed E-state index contributed by atoms with van der Waals surface area (Å²) in [5, 5.41) is 15.8. The Bertz CT molecular complexity index is 849. The van der Waals surface area contributed by atoms with Gasteiger partial charge < -0.3 is 9.42 Å². The molecule has 4 rings (SSSR count). The van der Waals surface area contributed by atoms with E-state index in [0.29, 0.717) is 24.5 Å². The van der Waals surface area contributed by atoms with E-state index in [1.165, 1.54) is 11.2 Å². The molecule has 0 atom stereocenters. The molecule has 1 fully saturated rings. The van der Waals surface area contributed by atoms with Crippen molar-refractivity contribution in [1.82, 2.24) is 35.2 Å². The van der Waals surface area contributed by atoms with Gasteiger partial charge in [0.2, 0.25) is 12.2 Å². The highest BCUT2D eigenvalue weighted by Gasteiger charge is 2.26. The molecule has 0 aliphatic carbocycles. The summed E-state index contributed by atoms with van der Waals surface area (Å²) in [6.45, 7) is 1.37. The van der Waals surface area contributed by atoms with Gasteiger partial charge >= 0.3 is 0 Å². The van der Waals surface area contributed by atoms with Crippen LogP contribution in [-0.2, 0) is 7.05 Å². The monoisotopic (exact) mass is 339 g/mol. The zero-order valence-corrected chi connectivity index (χ0v) is 13.7. The van der Waals surface area contributed by atoms with Gasteiger partial charge in [-0.1, -0.05) is 17.3 Å². The number of carbonyl (C=O) groups excluding carboxylic acids is 1. The van der Waals surface area contributed by atoms with Gasteiger partial charge in [0.25, 0.3) is 5.91 Å². The minimum atomic E-state index is 0.0326. The van der Waals surface area contributed by atoms with Gasteiger partial charge in [-0.25, -0.2) is 0 Å². The molecule has 128 valence electrons. The maximum absolute atomic E-state index is 12.7. The van der Waals surface area contributed by atoms with Crippen LogP contribution in [0.25, 0.3) is 11.4 Å². The second kappa shape index (κ2) is 6.42. The van der Waals surface area contributed by atoms with Gasteiger partial charge in [0.15, 0.2) is 5.82 Å². The molecule has 25 heavy (non-hydrogen) atoms. The second-order valence-corrected chi connectivity index (χ2v) is 6.04. The molecule has 0 N–H and O–H groups in total. The lowest BCUT2D eigenvalue weighted by atomic mass is 9.95. The summed E-state index contributed by atoms with van der Waals surface area (Å²) in [4.78, 5) is 20.1. The van der Waals surface area contributed by atoms with E-state index in [4.69, 9.17) is 4.52 Å². The first-order valence-electron chi connectivity index (χ1n) is 8.10. The van der Waals surface area contributed by atoms with Crippen LogP contribution >= 0.6 is 0 Å². The fraction of sp³-hybridized carbons (Fsp3) is 0.375. The Kier molecular flexibility index (Phi) is 3.96. The molecule has 1 amide bonds. The largest absolute Gasteiger partial charge is 0.343 e. The van der Waals surface area contributed by atoms with Gasteiger partial charge in [0.05, 0.1) is 7.05 Å². The van der Waals surface area contributed by atoms with Crippen LogP contribution in [0.2, 0.25) is 0 Å². The van der Waals surface area contributed by atoms with E-state index in [0.717, 1.165) is 24.2 Å². The van der Waals surface area contributed by atoms with E-state index in [-0.39, 0.29) is 11.8 Å². The first kappa shape index (κ1) is 15.4. The van der Waals surface area contributed by atoms with Crippen molar-refractivity contribution in [2.45, 2.75) is 18.8 Å². The van der Waals surface area contributed by atoms with Gasteiger partial charge in [-0.2, -0.15) is 9.78 Å². The minimum Gasteiger partial charge on any atom is -0.343 e. The van der Waals surface area contributed by atoms with Crippen molar-refractivity contribution in [3.8, 4) is 11.4 Å². The number of hydrogen-bond donors (Lipinski definition) is 0. The molecule has 0 saturated carbocycles. The number of tetrazole rings is 1. The van der Waals surface area contributed by atoms with Crippen molar-refractivity contribution in [3.05, 3.63) is 42.0 Å². The number of aromatic nitrogens is 6. The number of rotatable bonds is 3. The van der Waals surface area contributed by atoms with E-state index in [9.17, 15) is 4.79 Å². The van der Waals surface area contributed by atoms with Gasteiger partial charge in [-0.05, 0) is 30.2 Å². The lowest BCUT2D eigenvalue weighted by Gasteiger charge is -2.30. The van der Waals surface area contributed by atoms with Crippen LogP contribution in [0.5, 0.6) is 0 Å². The van der Waals surface area contributed by atoms with Crippen molar-refractivity contribution < 1.29 is 9.32 Å². The summed E-state index contributed by atoms with van der Waals surface area (Å²) in [7, 11) is 1.71. The quantitative estimate of drug-likeness (QED) is 0.708. The van der Waals surface area contributed by atoms with Crippen LogP contribution in [0, 0.1) is 0 Å². The highest BCUT2D eigenvalue weighted by atomic mass is 16.5. The Morgan fingerprint density at radius 1 is 1.20 bits per heavy atom. The van der Waals surface area contributed by atoms with Crippen molar-refractivity contribution >= 4 is 5.91 Å². The van der Waals surface area contributed by atoms with Crippen molar-refractivity contribution in [3.63, 3.8) is 0 Å². The highest BCUT2D eigenvalue weighted by Crippen LogP contribution is 2.26. The fourth-order valence-corrected chi connectivity index (χ4v) is 3.04. The van der Waals surface area contributed by atoms with Crippen molar-refractivity contribution in [1.29, 1.82) is 0 Å². The minimum absolute atomic E-state index is 0.0326. The molecule has 2 aromatic heterocycles. The number of likely N-dealkylation sites (tertiary alicyclic amines) is 1. The van der Waals surface area contributed by atoms with Crippen LogP contribution in [0.3, 0.4) is 0 Å². The maximum atomic E-state index is 12.7. The number of carbonyl (C=O) groups is 1. The van der Waals surface area contributed by atoms with Crippen molar-refractivity contribution in [2.24, 2.45) is 7.05 Å². The van der Waals surface area contributed by atoms with E-state index in [1.807, 2.05) is 17.0 Å². The molecule has 0 radical (unpaired) electrons. The Hall–Kier alpha value is -3.10. The molecule has 0 unspecified atom stereocenters. The zero-order valence-electron chi connectivity index (χ0n) is 13.7. The Morgan fingerprint density at radius 2 is 1.96 bits per heavy atom. The second-order valence-electron chi connectivity index (χ2n) is 6.04. The highest BCUT2D eigenvalue weighted by molar-refractivity contribution is 5.94. The number of nitrogens with zero attached hydrogens (tertiary/aromatic N) is 7. The number of hydrogen-bond acceptors (Lipinski definition) is 7. The average Bonchev–Trinajstić information content (AvgIpc) is 3.33. The number of amides is 1. The van der Waals surface area contributed by atoms with Crippen molar-refractivity contribution in [2.75, 3.05) is 13.1 Å². The third kappa shape index (κ3) is 3.12. The molecule has 1 aliphatic rings. The summed E-state index contributed by atoms with van der Waals surface area (Å²) in [5.41, 5.74) is 1.49. The van der Waals surface area contributed by atoms with E-state index < -0.39 is 0 Å². The third-order valence-electron chi connectivity index (χ3n) is 4.42. The normalized spacial score (nSPS) is 15.5. The molecule has 0 bridgehead atoms. The summed E-state index contributed by atoms with van der Waals surface area (Å²) < 4.78 is 4.80. The topological polar surface area (TPSA) is 103 Å². The standard InChI is InChI=1S/C16H17N7O2/c1-22-19-15(18-21-22)11-2-4-13(5-3-11)16(24)23-8-6-12(7-9-23)14-17-10-25-20-14/h2-5,10,12H,6-9H2,1H3. The molecule has 0 spiro atoms. The first-order chi connectivity index (χ1) is 12.2. The maximum Gasteiger partial charge on any atom is 0.253 e. The smallest absolute Gasteiger partial charge is 0.253 e. The van der Waals surface area contributed by atoms with Gasteiger partial charge in [-0.15, -0.1) is 10.2 Å². The summed E-state index contributed by atoms with van der Waals surface area (Å²) >= 11 is 0. The molecule has 1 aliphatic heterocycles. The summed E-state index contributed by atoms with van der Waals surface area (Å²) in [5.74, 6) is 1.56. The number of aryl methyl sites for hydroxylation is 1. The summed E-state index contributed by atoms with van der Waals surface area (Å²) in [6, 6.07) is 7.30. The third-order valence-corrected chi connectivity index (χ3v) is 4.42. The molecule has 1 aromatic carbocycles. The molecular weight excluding hydrogens is 322 g/mol. The van der Waals surface area contributed by atoms with E-state index in [1.54, 1.807) is 19.2 Å². The van der Waals surface area contributed by atoms with Gasteiger partial charge in [-0.3, -0.25) is 4.79 Å². The Balaban J connectivity index is 1.41. The fourth-order valence-electron chi connectivity index (χ4n) is 3.04. The molecule has 3 heterocycles. The van der Waals surface area contributed by atoms with Crippen LogP contribution in [0.15, 0.2) is 35.2 Å². The number of piperidine rings is 1. The number of benzene rings is 1. The molecule has 9 heteroatoms. The molecule has 1 saturated heterocycles. The Morgan fingerprint density at radius 3 is 2.56 bits per heavy atom. The summed E-state index contributed by atoms with van der Waals surface area (Å²) in [6.07, 6.45) is 3.03. The van der Waals surface area contributed by atoms with Crippen LogP contribution in [0.4, 0.5) is 0 Å². The van der Waals surface area contributed by atoms with E-state index >= 15 is 0 Å². The van der Waals surface area contributed by atoms with Gasteiger partial charge in [0, 0.05) is 30.1 Å². The molecule has 9 nitrogen and oxygen atoms in total. The van der Waals surface area contributed by atoms with Gasteiger partial charge in [0.1, 0.15) is 0 Å². The van der Waals surface area contributed by atoms with Crippen LogP contribution in [-0.4, -0.2) is 54.2 Å². The molecular formula is C16H17N7O2. The van der Waals surface area contributed by atoms with E-state index in [2.05, 4.69) is 25.6 Å². The lowest BCUT2D eigenvalue weighted by molar-refractivity contribution is 0.0710. The first-order valence-corrected chi connectivity index (χ1v) is 8.10. The molecule has 3 aromatic rings.